The average molecular weight is 207 g/mol. The Bertz CT molecular complexity index is 291. The lowest BCUT2D eigenvalue weighted by atomic mass is 10.1. The van der Waals surface area contributed by atoms with E-state index in [1.807, 2.05) is 24.0 Å². The van der Waals surface area contributed by atoms with Gasteiger partial charge in [0.15, 0.2) is 0 Å². The molecule has 3 heteroatoms. The molecule has 0 radical (unpaired) electrons. The van der Waals surface area contributed by atoms with Crippen molar-refractivity contribution < 1.29 is 0 Å². The molecule has 1 heterocycles. The molecule has 84 valence electrons. The first-order valence-electron chi connectivity index (χ1n) is 5.61. The summed E-state index contributed by atoms with van der Waals surface area (Å²) >= 11 is 0. The summed E-state index contributed by atoms with van der Waals surface area (Å²) in [5.74, 6) is 0. The Morgan fingerprint density at radius 1 is 1.67 bits per heavy atom. The first-order valence-corrected chi connectivity index (χ1v) is 5.61. The lowest BCUT2D eigenvalue weighted by Gasteiger charge is -2.14. The van der Waals surface area contributed by atoms with Gasteiger partial charge in [0, 0.05) is 13.2 Å². The lowest BCUT2D eigenvalue weighted by molar-refractivity contribution is 0.484. The zero-order valence-electron chi connectivity index (χ0n) is 9.74. The fraction of sp³-hybridized carbons (Fsp3) is 0.583. The molecule has 1 aromatic rings. The molecule has 1 N–H and O–H groups in total. The normalized spacial score (nSPS) is 12.7. The van der Waals surface area contributed by atoms with Crippen molar-refractivity contribution in [3.05, 3.63) is 30.6 Å². The average Bonchev–Trinajstić information content (AvgIpc) is 2.64. The zero-order valence-corrected chi connectivity index (χ0v) is 9.74. The molecular formula is C12H21N3. The Morgan fingerprint density at radius 2 is 2.47 bits per heavy atom. The van der Waals surface area contributed by atoms with E-state index < -0.39 is 0 Å². The smallest absolute Gasteiger partial charge is 0.0793 e. The number of nitrogens with one attached hydrogen (secondary N) is 1. The fourth-order valence-corrected chi connectivity index (χ4v) is 1.69. The van der Waals surface area contributed by atoms with E-state index >= 15 is 0 Å². The highest BCUT2D eigenvalue weighted by atomic mass is 15.3. The van der Waals surface area contributed by atoms with Gasteiger partial charge in [-0.1, -0.05) is 13.0 Å². The minimum Gasteiger partial charge on any atom is -0.309 e. The van der Waals surface area contributed by atoms with Gasteiger partial charge < -0.3 is 5.32 Å². The summed E-state index contributed by atoms with van der Waals surface area (Å²) in [6.45, 7) is 6.85. The maximum absolute atomic E-state index is 4.44. The fourth-order valence-electron chi connectivity index (χ4n) is 1.69. The predicted molar refractivity (Wildman–Crippen MR) is 63.7 cm³/mol. The molecule has 0 bridgehead atoms. The molecule has 0 saturated carbocycles. The van der Waals surface area contributed by atoms with Crippen molar-refractivity contribution in [1.82, 2.24) is 15.1 Å². The van der Waals surface area contributed by atoms with Gasteiger partial charge in [0.25, 0.3) is 0 Å². The Labute approximate surface area is 92.2 Å². The van der Waals surface area contributed by atoms with Crippen molar-refractivity contribution in [2.75, 3.05) is 6.54 Å². The standard InChI is InChI=1S/C12H21N3/c1-4-6-7-8-11(13-5-2)12-9-10-15(3)14-12/h4,9-11,13H,1,5-8H2,2-3H3. The maximum Gasteiger partial charge on any atom is 0.0793 e. The van der Waals surface area contributed by atoms with Crippen LogP contribution in [0.4, 0.5) is 0 Å². The molecule has 0 saturated heterocycles. The van der Waals surface area contributed by atoms with Crippen LogP contribution in [0.3, 0.4) is 0 Å². The van der Waals surface area contributed by atoms with Gasteiger partial charge in [-0.2, -0.15) is 5.10 Å². The van der Waals surface area contributed by atoms with Crippen LogP contribution in [0.15, 0.2) is 24.9 Å². The van der Waals surface area contributed by atoms with E-state index in [4.69, 9.17) is 0 Å². The van der Waals surface area contributed by atoms with Gasteiger partial charge in [-0.3, -0.25) is 4.68 Å². The lowest BCUT2D eigenvalue weighted by Crippen LogP contribution is -2.21. The van der Waals surface area contributed by atoms with Gasteiger partial charge in [0.2, 0.25) is 0 Å². The summed E-state index contributed by atoms with van der Waals surface area (Å²) in [5, 5.41) is 7.90. The van der Waals surface area contributed by atoms with E-state index in [0.717, 1.165) is 31.5 Å². The molecule has 15 heavy (non-hydrogen) atoms. The van der Waals surface area contributed by atoms with Crippen LogP contribution in [0.2, 0.25) is 0 Å². The van der Waals surface area contributed by atoms with Crippen molar-refractivity contribution in [1.29, 1.82) is 0 Å². The van der Waals surface area contributed by atoms with Crippen LogP contribution in [0.1, 0.15) is 37.9 Å². The Morgan fingerprint density at radius 3 is 3.00 bits per heavy atom. The van der Waals surface area contributed by atoms with E-state index in [9.17, 15) is 0 Å². The second kappa shape index (κ2) is 6.40. The third kappa shape index (κ3) is 3.88. The quantitative estimate of drug-likeness (QED) is 0.549. The molecule has 0 fully saturated rings. The van der Waals surface area contributed by atoms with Gasteiger partial charge in [-0.05, 0) is 31.9 Å². The second-order valence-electron chi connectivity index (χ2n) is 3.74. The largest absolute Gasteiger partial charge is 0.309 e. The Kier molecular flexibility index (Phi) is 5.12. The highest BCUT2D eigenvalue weighted by Crippen LogP contribution is 2.17. The van der Waals surface area contributed by atoms with Crippen LogP contribution in [-0.2, 0) is 7.05 Å². The summed E-state index contributed by atoms with van der Waals surface area (Å²) in [6.07, 6.45) is 7.33. The van der Waals surface area contributed by atoms with E-state index in [1.165, 1.54) is 0 Å². The molecule has 0 amide bonds. The minimum absolute atomic E-state index is 0.385. The van der Waals surface area contributed by atoms with Crippen molar-refractivity contribution >= 4 is 0 Å². The molecule has 1 unspecified atom stereocenters. The summed E-state index contributed by atoms with van der Waals surface area (Å²) in [6, 6.07) is 2.47. The van der Waals surface area contributed by atoms with Crippen molar-refractivity contribution in [2.24, 2.45) is 7.05 Å². The summed E-state index contributed by atoms with van der Waals surface area (Å²) in [7, 11) is 1.95. The maximum atomic E-state index is 4.44. The zero-order chi connectivity index (χ0) is 11.1. The molecule has 3 nitrogen and oxygen atoms in total. The molecule has 0 aliphatic carbocycles. The number of unbranched alkanes of at least 4 members (excludes halogenated alkanes) is 1. The highest BCUT2D eigenvalue weighted by Gasteiger charge is 2.11. The van der Waals surface area contributed by atoms with Crippen LogP contribution >= 0.6 is 0 Å². The number of aryl methyl sites for hydroxylation is 1. The van der Waals surface area contributed by atoms with Gasteiger partial charge in [0.1, 0.15) is 0 Å². The summed E-state index contributed by atoms with van der Waals surface area (Å²) in [4.78, 5) is 0. The predicted octanol–water partition coefficient (Wildman–Crippen LogP) is 2.43. The molecule has 0 aliphatic heterocycles. The van der Waals surface area contributed by atoms with Crippen LogP contribution in [-0.4, -0.2) is 16.3 Å². The number of hydrogen-bond donors (Lipinski definition) is 1. The van der Waals surface area contributed by atoms with Crippen molar-refractivity contribution in [2.45, 2.75) is 32.2 Å². The molecular weight excluding hydrogens is 186 g/mol. The molecule has 0 aromatic carbocycles. The molecule has 1 rings (SSSR count). The van der Waals surface area contributed by atoms with Gasteiger partial charge in [-0.25, -0.2) is 0 Å². The summed E-state index contributed by atoms with van der Waals surface area (Å²) < 4.78 is 1.85. The third-order valence-corrected chi connectivity index (χ3v) is 2.44. The van der Waals surface area contributed by atoms with Crippen molar-refractivity contribution in [3.63, 3.8) is 0 Å². The van der Waals surface area contributed by atoms with Crippen LogP contribution in [0.5, 0.6) is 0 Å². The van der Waals surface area contributed by atoms with Crippen LogP contribution in [0.25, 0.3) is 0 Å². The number of aromatic nitrogens is 2. The SMILES string of the molecule is C=CCCCC(NCC)c1ccn(C)n1. The number of rotatable bonds is 7. The van der Waals surface area contributed by atoms with Crippen molar-refractivity contribution in [3.8, 4) is 0 Å². The Hall–Kier alpha value is -1.09. The number of hydrogen-bond acceptors (Lipinski definition) is 2. The molecule has 1 aromatic heterocycles. The molecule has 1 atom stereocenters. The van der Waals surface area contributed by atoms with E-state index in [-0.39, 0.29) is 0 Å². The van der Waals surface area contributed by atoms with E-state index in [0.29, 0.717) is 6.04 Å². The highest BCUT2D eigenvalue weighted by molar-refractivity contribution is 5.05. The first kappa shape index (κ1) is 12.0. The number of allylic oxidation sites excluding steroid dienone is 1. The van der Waals surface area contributed by atoms with E-state index in [1.54, 1.807) is 0 Å². The molecule has 0 aliphatic rings. The van der Waals surface area contributed by atoms with E-state index in [2.05, 4.69) is 30.0 Å². The number of nitrogens with zero attached hydrogens (tertiary/aromatic N) is 2. The van der Waals surface area contributed by atoms with Gasteiger partial charge >= 0.3 is 0 Å². The third-order valence-electron chi connectivity index (χ3n) is 2.44. The minimum atomic E-state index is 0.385. The Balaban J connectivity index is 2.52. The van der Waals surface area contributed by atoms with Crippen LogP contribution < -0.4 is 5.32 Å². The summed E-state index contributed by atoms with van der Waals surface area (Å²) in [5.41, 5.74) is 1.14. The van der Waals surface area contributed by atoms with Crippen LogP contribution in [0, 0.1) is 0 Å². The first-order chi connectivity index (χ1) is 7.27. The topological polar surface area (TPSA) is 29.9 Å². The molecule has 0 spiro atoms. The van der Waals surface area contributed by atoms with Gasteiger partial charge in [-0.15, -0.1) is 6.58 Å². The monoisotopic (exact) mass is 207 g/mol. The second-order valence-corrected chi connectivity index (χ2v) is 3.74. The van der Waals surface area contributed by atoms with Gasteiger partial charge in [0.05, 0.1) is 11.7 Å².